The summed E-state index contributed by atoms with van der Waals surface area (Å²) in [6.07, 6.45) is 3.03. The Bertz CT molecular complexity index is 634. The zero-order chi connectivity index (χ0) is 16.1. The van der Waals surface area contributed by atoms with Crippen LogP contribution in [0.15, 0.2) is 36.9 Å². The van der Waals surface area contributed by atoms with Crippen molar-refractivity contribution in [2.24, 2.45) is 0 Å². The lowest BCUT2D eigenvalue weighted by Gasteiger charge is -2.18. The molecule has 0 bridgehead atoms. The highest BCUT2D eigenvalue weighted by molar-refractivity contribution is 5.96. The van der Waals surface area contributed by atoms with E-state index in [-0.39, 0.29) is 24.4 Å². The molecule has 2 aromatic rings. The van der Waals surface area contributed by atoms with E-state index in [1.165, 1.54) is 11.2 Å². The predicted molar refractivity (Wildman–Crippen MR) is 81.6 cm³/mol. The second-order valence-electron chi connectivity index (χ2n) is 5.27. The summed E-state index contributed by atoms with van der Waals surface area (Å²) in [4.78, 5) is 29.2. The van der Waals surface area contributed by atoms with Crippen LogP contribution in [0.25, 0.3) is 5.69 Å². The minimum atomic E-state index is -0.205. The van der Waals surface area contributed by atoms with E-state index in [2.05, 4.69) is 15.4 Å². The Balaban J connectivity index is 2.01. The lowest BCUT2D eigenvalue weighted by Crippen LogP contribution is -2.40. The molecule has 0 spiro atoms. The van der Waals surface area contributed by atoms with E-state index in [0.717, 1.165) is 5.69 Å². The van der Waals surface area contributed by atoms with Crippen LogP contribution in [0.1, 0.15) is 24.2 Å². The largest absolute Gasteiger partial charge is 0.352 e. The first kappa shape index (κ1) is 15.7. The first-order valence-electron chi connectivity index (χ1n) is 6.97. The highest BCUT2D eigenvalue weighted by Crippen LogP contribution is 2.09. The molecule has 0 aliphatic carbocycles. The van der Waals surface area contributed by atoms with Gasteiger partial charge in [0.25, 0.3) is 5.91 Å². The van der Waals surface area contributed by atoms with Crippen LogP contribution in [0.2, 0.25) is 0 Å². The van der Waals surface area contributed by atoms with Gasteiger partial charge in [-0.2, -0.15) is 5.10 Å². The van der Waals surface area contributed by atoms with Crippen LogP contribution in [0, 0.1) is 0 Å². The number of rotatable bonds is 5. The molecule has 0 saturated heterocycles. The number of benzene rings is 1. The highest BCUT2D eigenvalue weighted by Gasteiger charge is 2.15. The van der Waals surface area contributed by atoms with Gasteiger partial charge < -0.3 is 10.2 Å². The molecular weight excluding hydrogens is 282 g/mol. The molecule has 0 radical (unpaired) electrons. The second kappa shape index (κ2) is 6.84. The zero-order valence-electron chi connectivity index (χ0n) is 12.9. The molecule has 0 aliphatic rings. The number of nitrogens with one attached hydrogen (secondary N) is 1. The van der Waals surface area contributed by atoms with Crippen molar-refractivity contribution in [3.63, 3.8) is 0 Å². The molecule has 7 nitrogen and oxygen atoms in total. The molecule has 7 heteroatoms. The summed E-state index contributed by atoms with van der Waals surface area (Å²) in [7, 11) is 1.60. The van der Waals surface area contributed by atoms with Crippen LogP contribution in [0.4, 0.5) is 0 Å². The van der Waals surface area contributed by atoms with Crippen molar-refractivity contribution in [1.29, 1.82) is 0 Å². The second-order valence-corrected chi connectivity index (χ2v) is 5.27. The lowest BCUT2D eigenvalue weighted by molar-refractivity contribution is -0.122. The van der Waals surface area contributed by atoms with Crippen LogP contribution in [-0.2, 0) is 4.79 Å². The summed E-state index contributed by atoms with van der Waals surface area (Å²) in [5.41, 5.74) is 1.33. The maximum atomic E-state index is 12.3. The van der Waals surface area contributed by atoms with E-state index < -0.39 is 0 Å². The zero-order valence-corrected chi connectivity index (χ0v) is 12.9. The van der Waals surface area contributed by atoms with Crippen molar-refractivity contribution in [2.45, 2.75) is 19.9 Å². The molecule has 1 aromatic heterocycles. The third-order valence-corrected chi connectivity index (χ3v) is 2.97. The number of carbonyl (C=O) groups is 2. The number of carbonyl (C=O) groups excluding carboxylic acids is 2. The van der Waals surface area contributed by atoms with E-state index in [1.807, 2.05) is 13.8 Å². The van der Waals surface area contributed by atoms with Crippen molar-refractivity contribution in [2.75, 3.05) is 13.6 Å². The third kappa shape index (κ3) is 3.91. The Morgan fingerprint density at radius 2 is 1.95 bits per heavy atom. The van der Waals surface area contributed by atoms with Crippen LogP contribution >= 0.6 is 0 Å². The third-order valence-electron chi connectivity index (χ3n) is 2.97. The minimum Gasteiger partial charge on any atom is -0.352 e. The van der Waals surface area contributed by atoms with Crippen LogP contribution in [0.5, 0.6) is 0 Å². The first-order chi connectivity index (χ1) is 10.5. The molecule has 0 unspecified atom stereocenters. The monoisotopic (exact) mass is 301 g/mol. The van der Waals surface area contributed by atoms with Crippen LogP contribution in [0.3, 0.4) is 0 Å². The van der Waals surface area contributed by atoms with Crippen molar-refractivity contribution >= 4 is 11.8 Å². The summed E-state index contributed by atoms with van der Waals surface area (Å²) in [6.45, 7) is 3.78. The number of amides is 2. The van der Waals surface area contributed by atoms with Gasteiger partial charge >= 0.3 is 0 Å². The average Bonchev–Trinajstić information content (AvgIpc) is 2.99. The lowest BCUT2D eigenvalue weighted by atomic mass is 10.2. The summed E-state index contributed by atoms with van der Waals surface area (Å²) in [6, 6.07) is 7.03. The van der Waals surface area contributed by atoms with Gasteiger partial charge in [-0.05, 0) is 38.1 Å². The summed E-state index contributed by atoms with van der Waals surface area (Å²) in [5, 5.41) is 6.78. The van der Waals surface area contributed by atoms with Gasteiger partial charge in [-0.15, -0.1) is 0 Å². The molecular formula is C15H19N5O2. The maximum Gasteiger partial charge on any atom is 0.254 e. The molecule has 0 atom stereocenters. The normalized spacial score (nSPS) is 10.5. The first-order valence-corrected chi connectivity index (χ1v) is 6.97. The topological polar surface area (TPSA) is 80.1 Å². The summed E-state index contributed by atoms with van der Waals surface area (Å²) < 4.78 is 1.61. The highest BCUT2D eigenvalue weighted by atomic mass is 16.2. The fraction of sp³-hybridized carbons (Fsp3) is 0.333. The number of aromatic nitrogens is 3. The van der Waals surface area contributed by atoms with Gasteiger partial charge in [-0.25, -0.2) is 9.67 Å². The van der Waals surface area contributed by atoms with E-state index in [9.17, 15) is 9.59 Å². The summed E-state index contributed by atoms with van der Waals surface area (Å²) in [5.74, 6) is -0.380. The SMILES string of the molecule is CC(C)NC(=O)CN(C)C(=O)c1ccc(-n2cncn2)cc1. The molecule has 2 amide bonds. The van der Waals surface area contributed by atoms with Gasteiger partial charge in [-0.1, -0.05) is 0 Å². The molecule has 0 aliphatic heterocycles. The average molecular weight is 301 g/mol. The van der Waals surface area contributed by atoms with Crippen molar-refractivity contribution < 1.29 is 9.59 Å². The Morgan fingerprint density at radius 3 is 2.50 bits per heavy atom. The van der Waals surface area contributed by atoms with Gasteiger partial charge in [0.1, 0.15) is 12.7 Å². The Kier molecular flexibility index (Phi) is 4.88. The molecule has 1 heterocycles. The Hall–Kier alpha value is -2.70. The minimum absolute atomic E-state index is 0.0296. The smallest absolute Gasteiger partial charge is 0.254 e. The molecule has 2 rings (SSSR count). The molecule has 116 valence electrons. The molecule has 1 aromatic carbocycles. The molecule has 0 saturated carbocycles. The Morgan fingerprint density at radius 1 is 1.27 bits per heavy atom. The standard InChI is InChI=1S/C15H19N5O2/c1-11(2)18-14(21)8-19(3)15(22)12-4-6-13(7-5-12)20-10-16-9-17-20/h4-7,9-11H,8H2,1-3H3,(H,18,21). The predicted octanol–water partition coefficient (Wildman–Crippen LogP) is 0.864. The maximum absolute atomic E-state index is 12.3. The van der Waals surface area contributed by atoms with Crippen molar-refractivity contribution in [1.82, 2.24) is 25.0 Å². The number of hydrogen-bond acceptors (Lipinski definition) is 4. The van der Waals surface area contributed by atoms with Gasteiger partial charge in [0, 0.05) is 18.7 Å². The van der Waals surface area contributed by atoms with E-state index in [0.29, 0.717) is 5.56 Å². The molecule has 0 fully saturated rings. The van der Waals surface area contributed by atoms with Crippen LogP contribution < -0.4 is 5.32 Å². The number of hydrogen-bond donors (Lipinski definition) is 1. The number of nitrogens with zero attached hydrogens (tertiary/aromatic N) is 4. The van der Waals surface area contributed by atoms with Crippen molar-refractivity contribution in [3.05, 3.63) is 42.5 Å². The van der Waals surface area contributed by atoms with E-state index in [4.69, 9.17) is 0 Å². The molecule has 1 N–H and O–H groups in total. The van der Waals surface area contributed by atoms with E-state index in [1.54, 1.807) is 42.3 Å². The Labute approximate surface area is 129 Å². The summed E-state index contributed by atoms with van der Waals surface area (Å²) >= 11 is 0. The van der Waals surface area contributed by atoms with Crippen molar-refractivity contribution in [3.8, 4) is 5.69 Å². The van der Waals surface area contributed by atoms with Gasteiger partial charge in [-0.3, -0.25) is 9.59 Å². The fourth-order valence-electron chi connectivity index (χ4n) is 1.97. The number of likely N-dealkylation sites (N-methyl/N-ethyl adjacent to an activating group) is 1. The quantitative estimate of drug-likeness (QED) is 0.888. The van der Waals surface area contributed by atoms with Gasteiger partial charge in [0.05, 0.1) is 12.2 Å². The fourth-order valence-corrected chi connectivity index (χ4v) is 1.97. The van der Waals surface area contributed by atoms with E-state index >= 15 is 0 Å². The van der Waals surface area contributed by atoms with Crippen LogP contribution in [-0.4, -0.2) is 51.1 Å². The van der Waals surface area contributed by atoms with Gasteiger partial charge in [0.15, 0.2) is 0 Å². The van der Waals surface area contributed by atoms with Gasteiger partial charge in [0.2, 0.25) is 5.91 Å². The molecule has 22 heavy (non-hydrogen) atoms.